The summed E-state index contributed by atoms with van der Waals surface area (Å²) in [7, 11) is 0. The number of hydrogen-bond acceptors (Lipinski definition) is 4. The van der Waals surface area contributed by atoms with Gasteiger partial charge in [0.25, 0.3) is 0 Å². The molecule has 0 aromatic heterocycles. The van der Waals surface area contributed by atoms with Crippen molar-refractivity contribution in [2.24, 2.45) is 5.73 Å². The van der Waals surface area contributed by atoms with Crippen LogP contribution in [0.1, 0.15) is 31.2 Å². The number of hydrogen-bond donors (Lipinski definition) is 2. The molecule has 1 aromatic carbocycles. The lowest BCUT2D eigenvalue weighted by atomic mass is 9.95. The number of fused-ring (bicyclic) bond motifs is 1. The summed E-state index contributed by atoms with van der Waals surface area (Å²) < 4.78 is 10.6. The fourth-order valence-electron chi connectivity index (χ4n) is 2.06. The molecule has 2 rings (SSSR count). The monoisotopic (exact) mass is 264 g/mol. The van der Waals surface area contributed by atoms with Crippen LogP contribution in [0.3, 0.4) is 0 Å². The molecule has 0 aliphatic carbocycles. The predicted molar refractivity (Wildman–Crippen MR) is 72.3 cm³/mol. The van der Waals surface area contributed by atoms with Gasteiger partial charge in [-0.2, -0.15) is 0 Å². The minimum atomic E-state index is 0.00589. The van der Waals surface area contributed by atoms with Gasteiger partial charge in [-0.05, 0) is 30.7 Å². The number of carbonyl (C=O) groups is 1. The Morgan fingerprint density at radius 3 is 2.95 bits per heavy atom. The van der Waals surface area contributed by atoms with E-state index in [4.69, 9.17) is 15.2 Å². The van der Waals surface area contributed by atoms with Gasteiger partial charge in [0.05, 0.1) is 0 Å². The minimum absolute atomic E-state index is 0.00589. The number of carbonyl (C=O) groups excluding carboxylic acids is 1. The Hall–Kier alpha value is -1.75. The lowest BCUT2D eigenvalue weighted by Gasteiger charge is -2.15. The molecule has 5 heteroatoms. The lowest BCUT2D eigenvalue weighted by Crippen LogP contribution is -2.27. The zero-order valence-corrected chi connectivity index (χ0v) is 11.1. The molecule has 104 valence electrons. The zero-order valence-electron chi connectivity index (χ0n) is 11.1. The van der Waals surface area contributed by atoms with Gasteiger partial charge in [0.2, 0.25) is 12.7 Å². The highest BCUT2D eigenvalue weighted by Gasteiger charge is 2.19. The Kier molecular flexibility index (Phi) is 4.63. The van der Waals surface area contributed by atoms with Crippen molar-refractivity contribution < 1.29 is 14.3 Å². The molecule has 19 heavy (non-hydrogen) atoms. The van der Waals surface area contributed by atoms with Crippen molar-refractivity contribution in [2.75, 3.05) is 19.9 Å². The third-order valence-electron chi connectivity index (χ3n) is 3.16. The van der Waals surface area contributed by atoms with Gasteiger partial charge in [0, 0.05) is 18.9 Å². The van der Waals surface area contributed by atoms with Crippen LogP contribution in [0.4, 0.5) is 0 Å². The summed E-state index contributed by atoms with van der Waals surface area (Å²) in [6, 6.07) is 5.72. The largest absolute Gasteiger partial charge is 0.454 e. The second kappa shape index (κ2) is 6.43. The molecular formula is C14H20N2O3. The second-order valence-corrected chi connectivity index (χ2v) is 4.60. The third kappa shape index (κ3) is 3.38. The molecule has 0 saturated carbocycles. The topological polar surface area (TPSA) is 73.6 Å². The van der Waals surface area contributed by atoms with Crippen molar-refractivity contribution in [2.45, 2.75) is 25.7 Å². The number of nitrogens with two attached hydrogens (primary N) is 1. The lowest BCUT2D eigenvalue weighted by molar-refractivity contribution is -0.121. The molecule has 0 spiro atoms. The summed E-state index contributed by atoms with van der Waals surface area (Å²) in [4.78, 5) is 11.8. The standard InChI is InChI=1S/C14H20N2O3/c1-2-5-16-14(17)7-11(8-15)10-3-4-12-13(6-10)19-9-18-12/h3-4,6,11H,2,5,7-9,15H2,1H3,(H,16,17). The van der Waals surface area contributed by atoms with Crippen molar-refractivity contribution in [3.8, 4) is 11.5 Å². The highest BCUT2D eigenvalue weighted by atomic mass is 16.7. The fraction of sp³-hybridized carbons (Fsp3) is 0.500. The van der Waals surface area contributed by atoms with E-state index in [0.717, 1.165) is 23.5 Å². The second-order valence-electron chi connectivity index (χ2n) is 4.60. The highest BCUT2D eigenvalue weighted by molar-refractivity contribution is 5.77. The van der Waals surface area contributed by atoms with Crippen LogP contribution in [0.5, 0.6) is 11.5 Å². The van der Waals surface area contributed by atoms with E-state index in [9.17, 15) is 4.79 Å². The summed E-state index contributed by atoms with van der Waals surface area (Å²) in [5, 5.41) is 2.87. The van der Waals surface area contributed by atoms with E-state index in [1.807, 2.05) is 25.1 Å². The maximum absolute atomic E-state index is 11.8. The third-order valence-corrected chi connectivity index (χ3v) is 3.16. The summed E-state index contributed by atoms with van der Waals surface area (Å²) >= 11 is 0. The average Bonchev–Trinajstić information content (AvgIpc) is 2.89. The Labute approximate surface area is 113 Å². The molecule has 1 unspecified atom stereocenters. The van der Waals surface area contributed by atoms with E-state index in [0.29, 0.717) is 19.5 Å². The van der Waals surface area contributed by atoms with Gasteiger partial charge in [-0.25, -0.2) is 0 Å². The quantitative estimate of drug-likeness (QED) is 0.814. The maximum atomic E-state index is 11.8. The number of amides is 1. The Bertz CT molecular complexity index is 448. The molecule has 1 amide bonds. The first-order valence-electron chi connectivity index (χ1n) is 6.61. The first kappa shape index (κ1) is 13.7. The molecule has 5 nitrogen and oxygen atoms in total. The Morgan fingerprint density at radius 1 is 1.42 bits per heavy atom. The van der Waals surface area contributed by atoms with E-state index in [1.165, 1.54) is 0 Å². The smallest absolute Gasteiger partial charge is 0.231 e. The highest BCUT2D eigenvalue weighted by Crippen LogP contribution is 2.35. The van der Waals surface area contributed by atoms with Crippen LogP contribution in [-0.2, 0) is 4.79 Å². The van der Waals surface area contributed by atoms with Crippen molar-refractivity contribution >= 4 is 5.91 Å². The predicted octanol–water partition coefficient (Wildman–Crippen LogP) is 1.37. The van der Waals surface area contributed by atoms with Crippen LogP contribution in [0.2, 0.25) is 0 Å². The number of ether oxygens (including phenoxy) is 2. The summed E-state index contributed by atoms with van der Waals surface area (Å²) in [6.45, 7) is 3.41. The molecule has 0 saturated heterocycles. The molecule has 0 radical (unpaired) electrons. The van der Waals surface area contributed by atoms with Crippen molar-refractivity contribution in [3.05, 3.63) is 23.8 Å². The number of benzene rings is 1. The van der Waals surface area contributed by atoms with Crippen LogP contribution in [0.25, 0.3) is 0 Å². The van der Waals surface area contributed by atoms with E-state index >= 15 is 0 Å². The van der Waals surface area contributed by atoms with Crippen LogP contribution in [0.15, 0.2) is 18.2 Å². The van der Waals surface area contributed by atoms with E-state index in [-0.39, 0.29) is 18.6 Å². The summed E-state index contributed by atoms with van der Waals surface area (Å²) in [6.07, 6.45) is 1.33. The van der Waals surface area contributed by atoms with Gasteiger partial charge in [-0.1, -0.05) is 13.0 Å². The molecule has 0 bridgehead atoms. The molecule has 1 aliphatic heterocycles. The normalized spacial score (nSPS) is 14.2. The van der Waals surface area contributed by atoms with Crippen LogP contribution < -0.4 is 20.5 Å². The first-order chi connectivity index (χ1) is 9.24. The van der Waals surface area contributed by atoms with Crippen molar-refractivity contribution in [1.29, 1.82) is 0 Å². The first-order valence-corrected chi connectivity index (χ1v) is 6.61. The van der Waals surface area contributed by atoms with Crippen LogP contribution in [0, 0.1) is 0 Å². The van der Waals surface area contributed by atoms with Gasteiger partial charge >= 0.3 is 0 Å². The summed E-state index contributed by atoms with van der Waals surface area (Å²) in [5.41, 5.74) is 6.79. The van der Waals surface area contributed by atoms with Gasteiger partial charge in [-0.3, -0.25) is 4.79 Å². The number of nitrogens with one attached hydrogen (secondary N) is 1. The van der Waals surface area contributed by atoms with Gasteiger partial charge in [0.15, 0.2) is 11.5 Å². The number of rotatable bonds is 6. The molecule has 3 N–H and O–H groups in total. The molecule has 1 aliphatic rings. The van der Waals surface area contributed by atoms with E-state index < -0.39 is 0 Å². The SMILES string of the molecule is CCCNC(=O)CC(CN)c1ccc2c(c1)OCO2. The van der Waals surface area contributed by atoms with Gasteiger partial charge in [0.1, 0.15) is 0 Å². The maximum Gasteiger partial charge on any atom is 0.231 e. The Balaban J connectivity index is 2.03. The minimum Gasteiger partial charge on any atom is -0.454 e. The fourth-order valence-corrected chi connectivity index (χ4v) is 2.06. The molecule has 1 aromatic rings. The van der Waals surface area contributed by atoms with Gasteiger partial charge < -0.3 is 20.5 Å². The molecule has 1 atom stereocenters. The van der Waals surface area contributed by atoms with Crippen molar-refractivity contribution in [3.63, 3.8) is 0 Å². The molecule has 1 heterocycles. The molecule has 0 fully saturated rings. The summed E-state index contributed by atoms with van der Waals surface area (Å²) in [5.74, 6) is 1.51. The van der Waals surface area contributed by atoms with Crippen molar-refractivity contribution in [1.82, 2.24) is 5.32 Å². The van der Waals surface area contributed by atoms with Crippen LogP contribution >= 0.6 is 0 Å². The molecular weight excluding hydrogens is 244 g/mol. The average molecular weight is 264 g/mol. The van der Waals surface area contributed by atoms with Gasteiger partial charge in [-0.15, -0.1) is 0 Å². The van der Waals surface area contributed by atoms with E-state index in [1.54, 1.807) is 0 Å². The van der Waals surface area contributed by atoms with Crippen LogP contribution in [-0.4, -0.2) is 25.8 Å². The zero-order chi connectivity index (χ0) is 13.7. The Morgan fingerprint density at radius 2 is 2.21 bits per heavy atom. The van der Waals surface area contributed by atoms with E-state index in [2.05, 4.69) is 5.32 Å².